The molecule has 1 amide bonds. The van der Waals surface area contributed by atoms with E-state index in [2.05, 4.69) is 25.6 Å². The predicted molar refractivity (Wildman–Crippen MR) is 140 cm³/mol. The number of thiazole rings is 1. The summed E-state index contributed by atoms with van der Waals surface area (Å²) in [6.45, 7) is 2.50. The van der Waals surface area contributed by atoms with Crippen LogP contribution in [0.1, 0.15) is 61.2 Å². The number of anilines is 2. The van der Waals surface area contributed by atoms with E-state index in [0.717, 1.165) is 47.5 Å². The van der Waals surface area contributed by atoms with Crippen LogP contribution in [-0.2, 0) is 21.3 Å². The normalized spacial score (nSPS) is 23.8. The fourth-order valence-electron chi connectivity index (χ4n) is 5.02. The highest BCUT2D eigenvalue weighted by molar-refractivity contribution is 7.15. The number of rotatable bonds is 6. The largest absolute Gasteiger partial charge is 0.433 e. The van der Waals surface area contributed by atoms with Crippen molar-refractivity contribution >= 4 is 28.9 Å². The summed E-state index contributed by atoms with van der Waals surface area (Å²) in [6.07, 6.45) is 2.77. The van der Waals surface area contributed by atoms with Gasteiger partial charge in [0.1, 0.15) is 22.4 Å². The van der Waals surface area contributed by atoms with Crippen molar-refractivity contribution in [1.82, 2.24) is 20.3 Å². The van der Waals surface area contributed by atoms with Crippen molar-refractivity contribution < 1.29 is 27.8 Å². The minimum absolute atomic E-state index is 0.00814. The smallest absolute Gasteiger partial charge is 0.383 e. The summed E-state index contributed by atoms with van der Waals surface area (Å²) >= 11 is 1.38. The highest BCUT2D eigenvalue weighted by atomic mass is 32.1. The Bertz CT molecular complexity index is 1320. The van der Waals surface area contributed by atoms with Crippen LogP contribution in [0.2, 0.25) is 0 Å². The molecule has 1 atom stereocenters. The van der Waals surface area contributed by atoms with Gasteiger partial charge in [0, 0.05) is 30.7 Å². The number of amides is 1. The number of benzene rings is 1. The summed E-state index contributed by atoms with van der Waals surface area (Å²) in [5, 5.41) is 17.9. The fourth-order valence-corrected chi connectivity index (χ4v) is 6.07. The van der Waals surface area contributed by atoms with Gasteiger partial charge in [0.05, 0.1) is 4.88 Å². The van der Waals surface area contributed by atoms with Crippen LogP contribution in [0.5, 0.6) is 0 Å². The number of nitrogens with one attached hydrogen (secondary N) is 2. The van der Waals surface area contributed by atoms with Crippen LogP contribution in [0.3, 0.4) is 0 Å². The van der Waals surface area contributed by atoms with Crippen molar-refractivity contribution in [2.75, 3.05) is 11.9 Å². The van der Waals surface area contributed by atoms with Crippen LogP contribution < -0.4 is 10.6 Å². The fraction of sp³-hybridized carbons (Fsp3) is 0.481. The van der Waals surface area contributed by atoms with Crippen molar-refractivity contribution in [3.63, 3.8) is 0 Å². The molecular weight excluding hydrogens is 531 g/mol. The molecule has 2 aromatic heterocycles. The first-order valence-electron chi connectivity index (χ1n) is 13.0. The lowest BCUT2D eigenvalue weighted by Gasteiger charge is -2.35. The van der Waals surface area contributed by atoms with Crippen molar-refractivity contribution in [2.45, 2.75) is 75.8 Å². The Balaban J connectivity index is 1.25. The molecule has 0 bridgehead atoms. The Morgan fingerprint density at radius 2 is 1.95 bits per heavy atom. The summed E-state index contributed by atoms with van der Waals surface area (Å²) in [5.41, 5.74) is 0.127. The number of carbonyl (C=O) groups is 1. The number of ether oxygens (including phenoxy) is 1. The summed E-state index contributed by atoms with van der Waals surface area (Å²) in [7, 11) is 0. The number of aromatic nitrogens is 3. The lowest BCUT2D eigenvalue weighted by atomic mass is 9.82. The summed E-state index contributed by atoms with van der Waals surface area (Å²) in [4.78, 5) is 25.3. The zero-order valence-electron chi connectivity index (χ0n) is 21.4. The van der Waals surface area contributed by atoms with E-state index in [1.54, 1.807) is 18.3 Å². The van der Waals surface area contributed by atoms with E-state index in [1.165, 1.54) is 11.3 Å². The Morgan fingerprint density at radius 3 is 2.67 bits per heavy atom. The number of halogens is 3. The summed E-state index contributed by atoms with van der Waals surface area (Å²) < 4.78 is 44.7. The molecule has 0 spiro atoms. The predicted octanol–water partition coefficient (Wildman–Crippen LogP) is 5.49. The van der Waals surface area contributed by atoms with Crippen LogP contribution in [0.4, 0.5) is 24.8 Å². The van der Waals surface area contributed by atoms with Crippen molar-refractivity contribution in [3.05, 3.63) is 52.9 Å². The first kappa shape index (κ1) is 27.5. The van der Waals surface area contributed by atoms with Gasteiger partial charge in [0.2, 0.25) is 11.9 Å². The van der Waals surface area contributed by atoms with Gasteiger partial charge in [-0.3, -0.25) is 4.79 Å². The molecule has 208 valence electrons. The van der Waals surface area contributed by atoms with Crippen LogP contribution in [0, 0.1) is 6.92 Å². The Morgan fingerprint density at radius 1 is 1.15 bits per heavy atom. The molecule has 1 unspecified atom stereocenters. The standard InChI is InChI=1S/C27H30F3N5O3S/c1-16-12-17(14-19(13-16)34-25-31-10-7-22(35-25)27(28,29)30)21-15-32-24(39-21)26(37)8-5-18(6-9-26)33-23(36)20-4-2-3-11-38-20/h7,10,12-15,18,20,37H,2-6,8-9,11H2,1H3,(H,33,36)(H,31,34,35)/t18-,20?,26+. The lowest BCUT2D eigenvalue weighted by molar-refractivity contribution is -0.141. The van der Waals surface area contributed by atoms with E-state index >= 15 is 0 Å². The first-order valence-corrected chi connectivity index (χ1v) is 13.8. The Kier molecular flexibility index (Phi) is 7.88. The Hall–Kier alpha value is -3.09. The number of aryl methyl sites for hydroxylation is 1. The van der Waals surface area contributed by atoms with Crippen molar-refractivity contribution in [2.24, 2.45) is 0 Å². The second-order valence-corrected chi connectivity index (χ2v) is 11.2. The van der Waals surface area contributed by atoms with Gasteiger partial charge in [0.25, 0.3) is 0 Å². The highest BCUT2D eigenvalue weighted by Gasteiger charge is 2.38. The van der Waals surface area contributed by atoms with Gasteiger partial charge in [-0.1, -0.05) is 6.07 Å². The average molecular weight is 562 g/mol. The second kappa shape index (κ2) is 11.2. The monoisotopic (exact) mass is 561 g/mol. The zero-order valence-corrected chi connectivity index (χ0v) is 22.2. The van der Waals surface area contributed by atoms with Crippen LogP contribution in [0.15, 0.2) is 36.7 Å². The third kappa shape index (κ3) is 6.56. The van der Waals surface area contributed by atoms with Crippen molar-refractivity contribution in [3.8, 4) is 10.4 Å². The number of hydrogen-bond donors (Lipinski definition) is 3. The molecular formula is C27H30F3N5O3S. The summed E-state index contributed by atoms with van der Waals surface area (Å²) in [6, 6.07) is 6.34. The quantitative estimate of drug-likeness (QED) is 0.365. The molecule has 1 aliphatic carbocycles. The van der Waals surface area contributed by atoms with Crippen LogP contribution in [0.25, 0.3) is 10.4 Å². The second-order valence-electron chi connectivity index (χ2n) is 10.2. The molecule has 1 saturated heterocycles. The number of aliphatic hydroxyl groups is 1. The number of nitrogens with zero attached hydrogens (tertiary/aromatic N) is 3. The minimum atomic E-state index is -4.56. The van der Waals surface area contributed by atoms with Crippen molar-refractivity contribution in [1.29, 1.82) is 0 Å². The molecule has 2 fully saturated rings. The average Bonchev–Trinajstić information content (AvgIpc) is 3.42. The summed E-state index contributed by atoms with van der Waals surface area (Å²) in [5.74, 6) is -0.222. The van der Waals surface area contributed by atoms with Gasteiger partial charge < -0.3 is 20.5 Å². The molecule has 8 nitrogen and oxygen atoms in total. The Labute approximate surface area is 228 Å². The molecule has 3 aromatic rings. The minimum Gasteiger partial charge on any atom is -0.383 e. The van der Waals surface area contributed by atoms with Gasteiger partial charge >= 0.3 is 6.18 Å². The molecule has 3 heterocycles. The maximum Gasteiger partial charge on any atom is 0.433 e. The molecule has 1 aromatic carbocycles. The van der Waals surface area contributed by atoms with E-state index in [0.29, 0.717) is 43.0 Å². The maximum atomic E-state index is 13.0. The van der Waals surface area contributed by atoms with Crippen LogP contribution >= 0.6 is 11.3 Å². The molecule has 5 rings (SSSR count). The van der Waals surface area contributed by atoms with Gasteiger partial charge in [-0.2, -0.15) is 13.2 Å². The van der Waals surface area contributed by atoms with Gasteiger partial charge in [-0.25, -0.2) is 15.0 Å². The van der Waals surface area contributed by atoms with E-state index in [4.69, 9.17) is 4.74 Å². The SMILES string of the molecule is Cc1cc(Nc2nccc(C(F)(F)F)n2)cc(-c2cnc([C@]3(O)CC[C@@H](NC(=O)C4CCCCO4)CC3)s2)c1. The number of hydrogen-bond acceptors (Lipinski definition) is 8. The molecule has 12 heteroatoms. The molecule has 1 saturated carbocycles. The van der Waals surface area contributed by atoms with Gasteiger partial charge in [-0.05, 0) is 81.2 Å². The van der Waals surface area contributed by atoms with Gasteiger partial charge in [0.15, 0.2) is 0 Å². The molecule has 2 aliphatic rings. The molecule has 3 N–H and O–H groups in total. The zero-order chi connectivity index (χ0) is 27.6. The lowest BCUT2D eigenvalue weighted by Crippen LogP contribution is -2.47. The van der Waals surface area contributed by atoms with Gasteiger partial charge in [-0.15, -0.1) is 11.3 Å². The van der Waals surface area contributed by atoms with E-state index < -0.39 is 17.5 Å². The topological polar surface area (TPSA) is 109 Å². The van der Waals surface area contributed by atoms with Crippen LogP contribution in [-0.4, -0.2) is 44.7 Å². The highest BCUT2D eigenvalue weighted by Crippen LogP contribution is 2.41. The first-order chi connectivity index (χ1) is 18.6. The molecule has 1 aliphatic heterocycles. The number of carbonyl (C=O) groups excluding carboxylic acids is 1. The van der Waals surface area contributed by atoms with E-state index in [1.807, 2.05) is 13.0 Å². The number of alkyl halides is 3. The third-order valence-corrected chi connectivity index (χ3v) is 8.34. The maximum absolute atomic E-state index is 13.0. The third-order valence-electron chi connectivity index (χ3n) is 7.10. The van der Waals surface area contributed by atoms with E-state index in [9.17, 15) is 23.1 Å². The molecule has 39 heavy (non-hydrogen) atoms. The molecule has 0 radical (unpaired) electrons. The van der Waals surface area contributed by atoms with E-state index in [-0.39, 0.29) is 24.0 Å².